The van der Waals surface area contributed by atoms with E-state index < -0.39 is 11.6 Å². The van der Waals surface area contributed by atoms with Gasteiger partial charge in [-0.2, -0.15) is 4.98 Å². The Morgan fingerprint density at radius 2 is 2.00 bits per heavy atom. The lowest BCUT2D eigenvalue weighted by molar-refractivity contribution is -0.113. The van der Waals surface area contributed by atoms with Crippen LogP contribution in [0.15, 0.2) is 28.0 Å². The van der Waals surface area contributed by atoms with Crippen LogP contribution in [0.25, 0.3) is 0 Å². The number of fused-ring (bicyclic) bond motifs is 1. The van der Waals surface area contributed by atoms with Crippen molar-refractivity contribution in [3.05, 3.63) is 51.6 Å². The van der Waals surface area contributed by atoms with Crippen molar-refractivity contribution in [2.45, 2.75) is 43.7 Å². The van der Waals surface area contributed by atoms with Crippen molar-refractivity contribution in [1.29, 1.82) is 0 Å². The van der Waals surface area contributed by atoms with Crippen molar-refractivity contribution in [2.75, 3.05) is 31.7 Å². The standard InChI is InChI=1S/C21H26F2N4O2S/c1-26(2)10-5-11-27-18-7-4-3-6-15(18)20(25-21(27)29)30-13-19(28)24-14-8-9-16(22)17(23)12-14/h8-9,12H,3-7,10-11,13H2,1-2H3,(H,24,28). The number of hydrogen-bond donors (Lipinski definition) is 1. The summed E-state index contributed by atoms with van der Waals surface area (Å²) in [7, 11) is 4.00. The number of benzene rings is 1. The van der Waals surface area contributed by atoms with Crippen molar-refractivity contribution in [3.8, 4) is 0 Å². The molecule has 1 aliphatic carbocycles. The number of carbonyl (C=O) groups excluding carboxylic acids is 1. The number of anilines is 1. The SMILES string of the molecule is CN(C)CCCn1c2c(c(SCC(=O)Nc3ccc(F)c(F)c3)nc1=O)CCCC2. The Morgan fingerprint density at radius 3 is 2.73 bits per heavy atom. The van der Waals surface area contributed by atoms with Gasteiger partial charge >= 0.3 is 5.69 Å². The summed E-state index contributed by atoms with van der Waals surface area (Å²) in [5.41, 5.74) is 1.99. The summed E-state index contributed by atoms with van der Waals surface area (Å²) >= 11 is 1.21. The van der Waals surface area contributed by atoms with Gasteiger partial charge in [-0.1, -0.05) is 11.8 Å². The number of amides is 1. The fourth-order valence-electron chi connectivity index (χ4n) is 3.55. The molecule has 2 aromatic rings. The van der Waals surface area contributed by atoms with Gasteiger partial charge in [0.15, 0.2) is 11.6 Å². The van der Waals surface area contributed by atoms with Gasteiger partial charge < -0.3 is 10.2 Å². The second-order valence-electron chi connectivity index (χ2n) is 7.61. The lowest BCUT2D eigenvalue weighted by Gasteiger charge is -2.23. The zero-order valence-corrected chi connectivity index (χ0v) is 18.0. The topological polar surface area (TPSA) is 67.2 Å². The summed E-state index contributed by atoms with van der Waals surface area (Å²) in [5, 5.41) is 3.14. The van der Waals surface area contributed by atoms with Gasteiger partial charge in [0.05, 0.1) is 5.75 Å². The highest BCUT2D eigenvalue weighted by atomic mass is 32.2. The van der Waals surface area contributed by atoms with E-state index in [1.165, 1.54) is 17.8 Å². The van der Waals surface area contributed by atoms with Crippen LogP contribution in [0.1, 0.15) is 30.5 Å². The van der Waals surface area contributed by atoms with E-state index in [0.717, 1.165) is 62.0 Å². The maximum atomic E-state index is 13.3. The normalized spacial score (nSPS) is 13.4. The molecule has 0 atom stereocenters. The van der Waals surface area contributed by atoms with Gasteiger partial charge in [0.1, 0.15) is 5.03 Å². The van der Waals surface area contributed by atoms with Crippen LogP contribution in [0.2, 0.25) is 0 Å². The van der Waals surface area contributed by atoms with E-state index in [9.17, 15) is 18.4 Å². The van der Waals surface area contributed by atoms with Crippen LogP contribution >= 0.6 is 11.8 Å². The van der Waals surface area contributed by atoms with Crippen molar-refractivity contribution in [2.24, 2.45) is 0 Å². The van der Waals surface area contributed by atoms with Gasteiger partial charge in [0.2, 0.25) is 5.91 Å². The number of rotatable bonds is 8. The molecule has 30 heavy (non-hydrogen) atoms. The Kier molecular flexibility index (Phi) is 7.60. The van der Waals surface area contributed by atoms with Crippen LogP contribution in [0.4, 0.5) is 14.5 Å². The van der Waals surface area contributed by atoms with E-state index in [1.807, 2.05) is 14.1 Å². The molecule has 3 rings (SSSR count). The molecule has 1 heterocycles. The maximum Gasteiger partial charge on any atom is 0.348 e. The van der Waals surface area contributed by atoms with Crippen molar-refractivity contribution in [1.82, 2.24) is 14.5 Å². The smallest absolute Gasteiger partial charge is 0.325 e. The summed E-state index contributed by atoms with van der Waals surface area (Å²) in [6.45, 7) is 1.52. The second kappa shape index (κ2) is 10.2. The number of hydrogen-bond acceptors (Lipinski definition) is 5. The first-order valence-electron chi connectivity index (χ1n) is 10.00. The highest BCUT2D eigenvalue weighted by Gasteiger charge is 2.21. The number of nitrogens with one attached hydrogen (secondary N) is 1. The highest BCUT2D eigenvalue weighted by molar-refractivity contribution is 8.00. The van der Waals surface area contributed by atoms with Gasteiger partial charge in [-0.25, -0.2) is 13.6 Å². The number of nitrogens with zero attached hydrogens (tertiary/aromatic N) is 3. The Morgan fingerprint density at radius 1 is 1.23 bits per heavy atom. The first kappa shape index (κ1) is 22.4. The van der Waals surface area contributed by atoms with Crippen LogP contribution in [0.3, 0.4) is 0 Å². The number of carbonyl (C=O) groups is 1. The van der Waals surface area contributed by atoms with Crippen molar-refractivity contribution < 1.29 is 13.6 Å². The molecule has 0 unspecified atom stereocenters. The van der Waals surface area contributed by atoms with Crippen LogP contribution in [0.5, 0.6) is 0 Å². The first-order chi connectivity index (χ1) is 14.3. The predicted molar refractivity (Wildman–Crippen MR) is 114 cm³/mol. The summed E-state index contributed by atoms with van der Waals surface area (Å²) in [4.78, 5) is 31.2. The Balaban J connectivity index is 1.71. The third kappa shape index (κ3) is 5.66. The molecular weight excluding hydrogens is 410 g/mol. The second-order valence-corrected chi connectivity index (χ2v) is 8.57. The molecule has 162 valence electrons. The molecule has 0 aliphatic heterocycles. The zero-order valence-electron chi connectivity index (χ0n) is 17.2. The van der Waals surface area contributed by atoms with Crippen LogP contribution < -0.4 is 11.0 Å². The van der Waals surface area contributed by atoms with Gasteiger partial charge in [-0.15, -0.1) is 0 Å². The lowest BCUT2D eigenvalue weighted by Crippen LogP contribution is -2.31. The van der Waals surface area contributed by atoms with E-state index in [2.05, 4.69) is 15.2 Å². The van der Waals surface area contributed by atoms with E-state index in [4.69, 9.17) is 0 Å². The van der Waals surface area contributed by atoms with Crippen LogP contribution in [-0.2, 0) is 24.2 Å². The van der Waals surface area contributed by atoms with E-state index in [1.54, 1.807) is 4.57 Å². The van der Waals surface area contributed by atoms with E-state index in [0.29, 0.717) is 11.6 Å². The van der Waals surface area contributed by atoms with Crippen LogP contribution in [0, 0.1) is 11.6 Å². The van der Waals surface area contributed by atoms with Gasteiger partial charge in [0, 0.05) is 29.6 Å². The third-order valence-electron chi connectivity index (χ3n) is 4.98. The van der Waals surface area contributed by atoms with Crippen molar-refractivity contribution >= 4 is 23.4 Å². The Labute approximate surface area is 178 Å². The highest BCUT2D eigenvalue weighted by Crippen LogP contribution is 2.28. The summed E-state index contributed by atoms with van der Waals surface area (Å²) in [6, 6.07) is 3.20. The molecule has 0 fully saturated rings. The quantitative estimate of drug-likeness (QED) is 0.509. The molecule has 1 N–H and O–H groups in total. The fourth-order valence-corrected chi connectivity index (χ4v) is 4.42. The lowest BCUT2D eigenvalue weighted by atomic mass is 9.97. The van der Waals surface area contributed by atoms with Crippen molar-refractivity contribution in [3.63, 3.8) is 0 Å². The van der Waals surface area contributed by atoms with Gasteiger partial charge in [-0.05, 0) is 64.9 Å². The minimum absolute atomic E-state index is 0.0303. The number of aromatic nitrogens is 2. The molecule has 1 amide bonds. The number of halogens is 2. The Hall–Kier alpha value is -2.26. The molecule has 0 radical (unpaired) electrons. The monoisotopic (exact) mass is 436 g/mol. The minimum atomic E-state index is -1.02. The predicted octanol–water partition coefficient (Wildman–Crippen LogP) is 3.08. The zero-order chi connectivity index (χ0) is 21.7. The first-order valence-corrected chi connectivity index (χ1v) is 11.0. The van der Waals surface area contributed by atoms with Crippen LogP contribution in [-0.4, -0.2) is 46.8 Å². The molecular formula is C21H26F2N4O2S. The average Bonchev–Trinajstić information content (AvgIpc) is 2.70. The van der Waals surface area contributed by atoms with Gasteiger partial charge in [-0.3, -0.25) is 9.36 Å². The summed E-state index contributed by atoms with van der Waals surface area (Å²) in [5.74, 6) is -2.33. The van der Waals surface area contributed by atoms with Gasteiger partial charge in [0.25, 0.3) is 0 Å². The molecule has 1 aromatic heterocycles. The molecule has 9 heteroatoms. The average molecular weight is 437 g/mol. The molecule has 1 aliphatic rings. The molecule has 0 saturated carbocycles. The molecule has 0 bridgehead atoms. The minimum Gasteiger partial charge on any atom is -0.325 e. The fraction of sp³-hybridized carbons (Fsp3) is 0.476. The molecule has 0 saturated heterocycles. The largest absolute Gasteiger partial charge is 0.348 e. The van der Waals surface area contributed by atoms with E-state index in [-0.39, 0.29) is 23.0 Å². The van der Waals surface area contributed by atoms with E-state index >= 15 is 0 Å². The summed E-state index contributed by atoms with van der Waals surface area (Å²) in [6.07, 6.45) is 4.60. The molecule has 0 spiro atoms. The maximum absolute atomic E-state index is 13.3. The third-order valence-corrected chi connectivity index (χ3v) is 6.00. The number of thioether (sulfide) groups is 1. The molecule has 1 aromatic carbocycles. The molecule has 6 nitrogen and oxygen atoms in total. The summed E-state index contributed by atoms with van der Waals surface area (Å²) < 4.78 is 28.1. The Bertz CT molecular complexity index is 978.